The maximum atomic E-state index is 13.3. The van der Waals surface area contributed by atoms with Crippen molar-refractivity contribution in [1.82, 2.24) is 9.97 Å². The van der Waals surface area contributed by atoms with E-state index < -0.39 is 17.2 Å². The molecule has 1 fully saturated rings. The first kappa shape index (κ1) is 16.3. The minimum absolute atomic E-state index is 0.0747. The molecule has 3 rings (SSSR count). The number of benzene rings is 1. The normalized spacial score (nSPS) is 16.5. The van der Waals surface area contributed by atoms with Crippen LogP contribution in [0.3, 0.4) is 0 Å². The third-order valence-corrected chi connectivity index (χ3v) is 4.31. The van der Waals surface area contributed by atoms with Crippen LogP contribution in [-0.2, 0) is 11.6 Å². The zero-order valence-electron chi connectivity index (χ0n) is 13.1. The van der Waals surface area contributed by atoms with Crippen molar-refractivity contribution in [2.24, 2.45) is 0 Å². The molecule has 1 heterocycles. The van der Waals surface area contributed by atoms with Gasteiger partial charge in [-0.1, -0.05) is 30.4 Å². The van der Waals surface area contributed by atoms with Gasteiger partial charge in [0.05, 0.1) is 11.3 Å². The average Bonchev–Trinajstić information content (AvgIpc) is 3.26. The lowest BCUT2D eigenvalue weighted by molar-refractivity contribution is -0.138. The lowest BCUT2D eigenvalue weighted by Gasteiger charge is -2.18. The fourth-order valence-electron chi connectivity index (χ4n) is 2.90. The van der Waals surface area contributed by atoms with Crippen molar-refractivity contribution in [3.63, 3.8) is 0 Å². The summed E-state index contributed by atoms with van der Waals surface area (Å²) in [5.41, 5.74) is 11.6. The van der Waals surface area contributed by atoms with Gasteiger partial charge in [0.1, 0.15) is 5.82 Å². The number of nitrogens with zero attached hydrogens (tertiary/aromatic N) is 2. The first-order chi connectivity index (χ1) is 11.2. The fourth-order valence-corrected chi connectivity index (χ4v) is 2.90. The predicted molar refractivity (Wildman–Crippen MR) is 87.0 cm³/mol. The second-order valence-corrected chi connectivity index (χ2v) is 6.00. The monoisotopic (exact) mass is 334 g/mol. The van der Waals surface area contributed by atoms with Gasteiger partial charge >= 0.3 is 6.18 Å². The van der Waals surface area contributed by atoms with Gasteiger partial charge in [-0.2, -0.15) is 18.2 Å². The molecule has 1 aromatic heterocycles. The molecular formula is C17H17F3N4. The summed E-state index contributed by atoms with van der Waals surface area (Å²) in [6, 6.07) is 5.69. The molecule has 0 bridgehead atoms. The van der Waals surface area contributed by atoms with E-state index in [4.69, 9.17) is 11.5 Å². The Balaban J connectivity index is 2.00. The molecule has 0 saturated heterocycles. The van der Waals surface area contributed by atoms with Crippen LogP contribution in [0.15, 0.2) is 30.3 Å². The number of aryl methyl sites for hydroxylation is 1. The van der Waals surface area contributed by atoms with Crippen LogP contribution in [0, 0.1) is 6.92 Å². The highest BCUT2D eigenvalue weighted by Gasteiger charge is 2.47. The van der Waals surface area contributed by atoms with Crippen molar-refractivity contribution >= 4 is 17.8 Å². The topological polar surface area (TPSA) is 77.8 Å². The number of hydrogen-bond donors (Lipinski definition) is 2. The van der Waals surface area contributed by atoms with Crippen LogP contribution in [0.4, 0.5) is 24.9 Å². The maximum absolute atomic E-state index is 13.3. The van der Waals surface area contributed by atoms with Crippen LogP contribution < -0.4 is 11.5 Å². The van der Waals surface area contributed by atoms with E-state index in [2.05, 4.69) is 9.97 Å². The van der Waals surface area contributed by atoms with E-state index in [1.807, 2.05) is 0 Å². The van der Waals surface area contributed by atoms with E-state index in [0.717, 1.165) is 6.07 Å². The Labute approximate surface area is 137 Å². The predicted octanol–water partition coefficient (Wildman–Crippen LogP) is 3.71. The number of halogens is 3. The molecule has 0 aliphatic heterocycles. The molecule has 1 saturated carbocycles. The zero-order chi connectivity index (χ0) is 17.5. The lowest BCUT2D eigenvalue weighted by atomic mass is 9.90. The maximum Gasteiger partial charge on any atom is 0.416 e. The van der Waals surface area contributed by atoms with Gasteiger partial charge in [-0.15, -0.1) is 0 Å². The molecule has 0 spiro atoms. The summed E-state index contributed by atoms with van der Waals surface area (Å²) in [6.45, 7) is 1.73. The molecule has 0 atom stereocenters. The number of nitrogens with two attached hydrogens (primary N) is 2. The summed E-state index contributed by atoms with van der Waals surface area (Å²) in [4.78, 5) is 7.94. The Kier molecular flexibility index (Phi) is 3.74. The smallest absolute Gasteiger partial charge is 0.383 e. The average molecular weight is 334 g/mol. The molecule has 1 aliphatic rings. The molecule has 24 heavy (non-hydrogen) atoms. The molecular weight excluding hydrogens is 317 g/mol. The highest BCUT2D eigenvalue weighted by molar-refractivity contribution is 5.66. The SMILES string of the molecule is Cc1nc(N)nc(N)c1/C=C/C1(c2ccccc2C(F)(F)F)CC1. The van der Waals surface area contributed by atoms with E-state index in [-0.39, 0.29) is 11.8 Å². The third kappa shape index (κ3) is 2.93. The standard InChI is InChI=1S/C17H17F3N4/c1-10-11(14(21)24-15(22)23-10)6-7-16(8-9-16)12-4-2-3-5-13(12)17(18,19)20/h2-7H,8-9H2,1H3,(H4,21,22,23,24)/b7-6+. The summed E-state index contributed by atoms with van der Waals surface area (Å²) < 4.78 is 39.8. The Morgan fingerprint density at radius 2 is 1.79 bits per heavy atom. The van der Waals surface area contributed by atoms with Gasteiger partial charge in [-0.25, -0.2) is 4.98 Å². The second kappa shape index (κ2) is 5.51. The minimum Gasteiger partial charge on any atom is -0.383 e. The Morgan fingerprint density at radius 1 is 1.12 bits per heavy atom. The summed E-state index contributed by atoms with van der Waals surface area (Å²) in [7, 11) is 0. The zero-order valence-corrected chi connectivity index (χ0v) is 13.1. The number of alkyl halides is 3. The lowest BCUT2D eigenvalue weighted by Crippen LogP contribution is -2.14. The summed E-state index contributed by atoms with van der Waals surface area (Å²) in [5.74, 6) is 0.293. The molecule has 0 amide bonds. The quantitative estimate of drug-likeness (QED) is 0.897. The van der Waals surface area contributed by atoms with Crippen LogP contribution in [0.1, 0.15) is 35.2 Å². The van der Waals surface area contributed by atoms with Crippen LogP contribution in [0.25, 0.3) is 6.08 Å². The number of aromatic nitrogens is 2. The Bertz CT molecular complexity index is 785. The Morgan fingerprint density at radius 3 is 2.38 bits per heavy atom. The van der Waals surface area contributed by atoms with Crippen molar-refractivity contribution in [3.8, 4) is 0 Å². The van der Waals surface area contributed by atoms with Crippen LogP contribution in [0.2, 0.25) is 0 Å². The largest absolute Gasteiger partial charge is 0.416 e. The molecule has 4 nitrogen and oxygen atoms in total. The van der Waals surface area contributed by atoms with Gasteiger partial charge in [0.25, 0.3) is 0 Å². The van der Waals surface area contributed by atoms with Crippen molar-refractivity contribution in [2.45, 2.75) is 31.4 Å². The van der Waals surface area contributed by atoms with Gasteiger partial charge in [-0.05, 0) is 31.4 Å². The van der Waals surface area contributed by atoms with E-state index in [1.165, 1.54) is 12.1 Å². The van der Waals surface area contributed by atoms with Crippen LogP contribution in [-0.4, -0.2) is 9.97 Å². The Hall–Kier alpha value is -2.57. The van der Waals surface area contributed by atoms with Crippen molar-refractivity contribution in [1.29, 1.82) is 0 Å². The fraction of sp³-hybridized carbons (Fsp3) is 0.294. The molecule has 126 valence electrons. The van der Waals surface area contributed by atoms with E-state index in [9.17, 15) is 13.2 Å². The van der Waals surface area contributed by atoms with Gasteiger partial charge in [-0.3, -0.25) is 0 Å². The molecule has 0 radical (unpaired) electrons. The van der Waals surface area contributed by atoms with Crippen molar-refractivity contribution in [2.75, 3.05) is 11.5 Å². The van der Waals surface area contributed by atoms with Gasteiger partial charge in [0.15, 0.2) is 0 Å². The molecule has 1 aromatic carbocycles. The second-order valence-electron chi connectivity index (χ2n) is 6.00. The van der Waals surface area contributed by atoms with Gasteiger partial charge in [0, 0.05) is 11.0 Å². The highest BCUT2D eigenvalue weighted by atomic mass is 19.4. The first-order valence-electron chi connectivity index (χ1n) is 7.48. The van der Waals surface area contributed by atoms with E-state index in [0.29, 0.717) is 29.7 Å². The molecule has 4 N–H and O–H groups in total. The van der Waals surface area contributed by atoms with Crippen LogP contribution >= 0.6 is 0 Å². The minimum atomic E-state index is -4.38. The summed E-state index contributed by atoms with van der Waals surface area (Å²) in [5, 5.41) is 0. The van der Waals surface area contributed by atoms with Gasteiger partial charge in [0.2, 0.25) is 5.95 Å². The van der Waals surface area contributed by atoms with Crippen LogP contribution in [0.5, 0.6) is 0 Å². The van der Waals surface area contributed by atoms with Crippen molar-refractivity contribution < 1.29 is 13.2 Å². The van der Waals surface area contributed by atoms with E-state index in [1.54, 1.807) is 25.1 Å². The number of hydrogen-bond acceptors (Lipinski definition) is 4. The molecule has 1 aliphatic carbocycles. The van der Waals surface area contributed by atoms with Crippen molar-refractivity contribution in [3.05, 3.63) is 52.7 Å². The molecule has 7 heteroatoms. The first-order valence-corrected chi connectivity index (χ1v) is 7.48. The number of nitrogen functional groups attached to an aromatic ring is 2. The third-order valence-electron chi connectivity index (χ3n) is 4.31. The molecule has 0 unspecified atom stereocenters. The highest BCUT2D eigenvalue weighted by Crippen LogP contribution is 2.53. The molecule has 2 aromatic rings. The number of allylic oxidation sites excluding steroid dienone is 1. The summed E-state index contributed by atoms with van der Waals surface area (Å²) >= 11 is 0. The van der Waals surface area contributed by atoms with E-state index >= 15 is 0 Å². The summed E-state index contributed by atoms with van der Waals surface area (Å²) in [6.07, 6.45) is 0.413. The number of anilines is 2. The van der Waals surface area contributed by atoms with Gasteiger partial charge < -0.3 is 11.5 Å². The number of rotatable bonds is 3.